The minimum Gasteiger partial charge on any atom is -0.352 e. The van der Waals surface area contributed by atoms with Crippen molar-refractivity contribution in [3.8, 4) is 0 Å². The quantitative estimate of drug-likeness (QED) is 0.817. The highest BCUT2D eigenvalue weighted by Crippen LogP contribution is 2.33. The summed E-state index contributed by atoms with van der Waals surface area (Å²) in [6.45, 7) is 4.17. The Balaban J connectivity index is 0.00000144. The van der Waals surface area contributed by atoms with Crippen LogP contribution in [0.15, 0.2) is 0 Å². The van der Waals surface area contributed by atoms with Crippen molar-refractivity contribution in [2.45, 2.75) is 70.5 Å². The molecular formula is C13H25ClN2O. The third-order valence-electron chi connectivity index (χ3n) is 4.18. The van der Waals surface area contributed by atoms with E-state index in [2.05, 4.69) is 24.5 Å². The van der Waals surface area contributed by atoms with E-state index in [1.165, 1.54) is 25.7 Å². The van der Waals surface area contributed by atoms with E-state index in [1.54, 1.807) is 0 Å². The second-order valence-electron chi connectivity index (χ2n) is 5.42. The third kappa shape index (κ3) is 3.59. The Hall–Kier alpha value is -0.280. The Kier molecular flexibility index (Phi) is 5.74. The molecule has 0 spiro atoms. The zero-order chi connectivity index (χ0) is 11.5. The van der Waals surface area contributed by atoms with Gasteiger partial charge in [0.2, 0.25) is 5.91 Å². The fourth-order valence-corrected chi connectivity index (χ4v) is 2.97. The number of rotatable bonds is 3. The predicted molar refractivity (Wildman–Crippen MR) is 72.4 cm³/mol. The number of amides is 1. The topological polar surface area (TPSA) is 41.1 Å². The van der Waals surface area contributed by atoms with E-state index in [9.17, 15) is 4.79 Å². The molecule has 0 radical (unpaired) electrons. The lowest BCUT2D eigenvalue weighted by Gasteiger charge is -2.24. The molecule has 0 aromatic rings. The van der Waals surface area contributed by atoms with Gasteiger partial charge in [0.25, 0.3) is 0 Å². The van der Waals surface area contributed by atoms with Gasteiger partial charge in [-0.1, -0.05) is 19.8 Å². The molecule has 100 valence electrons. The van der Waals surface area contributed by atoms with Crippen LogP contribution in [-0.4, -0.2) is 24.0 Å². The minimum absolute atomic E-state index is 0. The SMILES string of the molecule is CCC(C)NC(=O)C1CC2CCCCC2N1.Cl. The zero-order valence-corrected chi connectivity index (χ0v) is 11.7. The van der Waals surface area contributed by atoms with E-state index >= 15 is 0 Å². The molecular weight excluding hydrogens is 236 g/mol. The molecule has 0 bridgehead atoms. The molecule has 1 aliphatic carbocycles. The average Bonchev–Trinajstić information content (AvgIpc) is 2.72. The Labute approximate surface area is 111 Å². The zero-order valence-electron chi connectivity index (χ0n) is 10.9. The summed E-state index contributed by atoms with van der Waals surface area (Å²) in [6, 6.07) is 0.987. The molecule has 3 nitrogen and oxygen atoms in total. The van der Waals surface area contributed by atoms with Crippen LogP contribution >= 0.6 is 12.4 Å². The lowest BCUT2D eigenvalue weighted by atomic mass is 9.85. The second kappa shape index (κ2) is 6.60. The van der Waals surface area contributed by atoms with Crippen molar-refractivity contribution < 1.29 is 4.79 Å². The molecule has 1 saturated heterocycles. The number of fused-ring (bicyclic) bond motifs is 1. The van der Waals surface area contributed by atoms with Crippen molar-refractivity contribution in [2.24, 2.45) is 5.92 Å². The Morgan fingerprint density at radius 1 is 1.41 bits per heavy atom. The van der Waals surface area contributed by atoms with Gasteiger partial charge in [-0.2, -0.15) is 0 Å². The molecule has 1 aliphatic heterocycles. The number of carbonyl (C=O) groups is 1. The summed E-state index contributed by atoms with van der Waals surface area (Å²) in [5.74, 6) is 0.963. The van der Waals surface area contributed by atoms with E-state index in [4.69, 9.17) is 0 Å². The van der Waals surface area contributed by atoms with Crippen LogP contribution in [0.3, 0.4) is 0 Å². The maximum absolute atomic E-state index is 12.0. The van der Waals surface area contributed by atoms with Gasteiger partial charge in [-0.05, 0) is 38.5 Å². The summed E-state index contributed by atoms with van der Waals surface area (Å²) in [4.78, 5) is 12.0. The summed E-state index contributed by atoms with van der Waals surface area (Å²) in [5.41, 5.74) is 0. The molecule has 4 atom stereocenters. The van der Waals surface area contributed by atoms with Crippen LogP contribution in [0, 0.1) is 5.92 Å². The third-order valence-corrected chi connectivity index (χ3v) is 4.18. The lowest BCUT2D eigenvalue weighted by molar-refractivity contribution is -0.123. The van der Waals surface area contributed by atoms with Gasteiger partial charge in [0, 0.05) is 12.1 Å². The molecule has 1 saturated carbocycles. The smallest absolute Gasteiger partial charge is 0.237 e. The first-order chi connectivity index (χ1) is 7.70. The van der Waals surface area contributed by atoms with Crippen molar-refractivity contribution in [2.75, 3.05) is 0 Å². The first kappa shape index (κ1) is 14.8. The van der Waals surface area contributed by atoms with Gasteiger partial charge in [0.15, 0.2) is 0 Å². The summed E-state index contributed by atoms with van der Waals surface area (Å²) in [6.07, 6.45) is 7.30. The van der Waals surface area contributed by atoms with Crippen molar-refractivity contribution in [1.29, 1.82) is 0 Å². The molecule has 2 aliphatic rings. The van der Waals surface area contributed by atoms with Crippen LogP contribution in [-0.2, 0) is 4.79 Å². The van der Waals surface area contributed by atoms with Crippen molar-refractivity contribution in [3.63, 3.8) is 0 Å². The number of halogens is 1. The molecule has 1 heterocycles. The largest absolute Gasteiger partial charge is 0.352 e. The van der Waals surface area contributed by atoms with Crippen molar-refractivity contribution >= 4 is 18.3 Å². The summed E-state index contributed by atoms with van der Waals surface area (Å²) in [5, 5.41) is 6.59. The monoisotopic (exact) mass is 260 g/mol. The number of hydrogen-bond acceptors (Lipinski definition) is 2. The van der Waals surface area contributed by atoms with Gasteiger partial charge in [-0.3, -0.25) is 4.79 Å². The molecule has 2 rings (SSSR count). The number of hydrogen-bond donors (Lipinski definition) is 2. The van der Waals surface area contributed by atoms with Crippen LogP contribution in [0.2, 0.25) is 0 Å². The predicted octanol–water partition coefficient (Wildman–Crippen LogP) is 2.24. The van der Waals surface area contributed by atoms with Gasteiger partial charge >= 0.3 is 0 Å². The Morgan fingerprint density at radius 3 is 2.76 bits per heavy atom. The van der Waals surface area contributed by atoms with E-state index in [1.807, 2.05) is 0 Å². The normalized spacial score (nSPS) is 33.4. The minimum atomic E-state index is 0. The fraction of sp³-hybridized carbons (Fsp3) is 0.923. The summed E-state index contributed by atoms with van der Waals surface area (Å²) >= 11 is 0. The van der Waals surface area contributed by atoms with Crippen LogP contribution in [0.5, 0.6) is 0 Å². The van der Waals surface area contributed by atoms with E-state index in [0.717, 1.165) is 18.8 Å². The first-order valence-electron chi connectivity index (χ1n) is 6.77. The molecule has 2 N–H and O–H groups in total. The highest BCUT2D eigenvalue weighted by Gasteiger charge is 2.38. The van der Waals surface area contributed by atoms with E-state index in [0.29, 0.717) is 12.1 Å². The standard InChI is InChI=1S/C13H24N2O.ClH/c1-3-9(2)14-13(16)12-8-10-6-4-5-7-11(10)15-12;/h9-12,15H,3-8H2,1-2H3,(H,14,16);1H. The maximum atomic E-state index is 12.0. The number of nitrogens with one attached hydrogen (secondary N) is 2. The van der Waals surface area contributed by atoms with Gasteiger partial charge in [-0.15, -0.1) is 12.4 Å². The highest BCUT2D eigenvalue weighted by atomic mass is 35.5. The van der Waals surface area contributed by atoms with Crippen LogP contribution in [0.1, 0.15) is 52.4 Å². The number of carbonyl (C=O) groups excluding carboxylic acids is 1. The summed E-state index contributed by atoms with van der Waals surface area (Å²) in [7, 11) is 0. The lowest BCUT2D eigenvalue weighted by Crippen LogP contribution is -2.45. The molecule has 4 heteroatoms. The molecule has 17 heavy (non-hydrogen) atoms. The average molecular weight is 261 g/mol. The van der Waals surface area contributed by atoms with Gasteiger partial charge in [-0.25, -0.2) is 0 Å². The van der Waals surface area contributed by atoms with Crippen molar-refractivity contribution in [1.82, 2.24) is 10.6 Å². The second-order valence-corrected chi connectivity index (χ2v) is 5.42. The Morgan fingerprint density at radius 2 is 2.12 bits per heavy atom. The maximum Gasteiger partial charge on any atom is 0.237 e. The van der Waals surface area contributed by atoms with Crippen molar-refractivity contribution in [3.05, 3.63) is 0 Å². The molecule has 0 aromatic carbocycles. The van der Waals surface area contributed by atoms with E-state index in [-0.39, 0.29) is 24.4 Å². The van der Waals surface area contributed by atoms with Gasteiger partial charge in [0.1, 0.15) is 0 Å². The molecule has 0 aromatic heterocycles. The fourth-order valence-electron chi connectivity index (χ4n) is 2.97. The van der Waals surface area contributed by atoms with E-state index < -0.39 is 0 Å². The Bertz CT molecular complexity index is 246. The van der Waals surface area contributed by atoms with Crippen LogP contribution in [0.4, 0.5) is 0 Å². The van der Waals surface area contributed by atoms with Gasteiger partial charge < -0.3 is 10.6 Å². The molecule has 1 amide bonds. The van der Waals surface area contributed by atoms with Crippen LogP contribution in [0.25, 0.3) is 0 Å². The highest BCUT2D eigenvalue weighted by molar-refractivity contribution is 5.85. The first-order valence-corrected chi connectivity index (χ1v) is 6.77. The van der Waals surface area contributed by atoms with Gasteiger partial charge in [0.05, 0.1) is 6.04 Å². The molecule has 2 fully saturated rings. The molecule has 4 unspecified atom stereocenters. The summed E-state index contributed by atoms with van der Waals surface area (Å²) < 4.78 is 0. The van der Waals surface area contributed by atoms with Crippen LogP contribution < -0.4 is 10.6 Å².